The molecule has 1 N–H and O–H groups in total. The first-order valence-corrected chi connectivity index (χ1v) is 8.95. The lowest BCUT2D eigenvalue weighted by molar-refractivity contribution is -0.0219. The fourth-order valence-corrected chi connectivity index (χ4v) is 4.07. The molecule has 0 bridgehead atoms. The van der Waals surface area contributed by atoms with Crippen LogP contribution in [0.4, 0.5) is 0 Å². The van der Waals surface area contributed by atoms with Crippen LogP contribution in [-0.4, -0.2) is 46.7 Å². The van der Waals surface area contributed by atoms with Crippen molar-refractivity contribution in [3.63, 3.8) is 0 Å². The van der Waals surface area contributed by atoms with Crippen molar-refractivity contribution in [1.29, 1.82) is 0 Å². The Bertz CT molecular complexity index is 751. The van der Waals surface area contributed by atoms with Gasteiger partial charge in [0.15, 0.2) is 0 Å². The van der Waals surface area contributed by atoms with E-state index in [1.165, 1.54) is 0 Å². The fraction of sp³-hybridized carbons (Fsp3) is 0.526. The number of furan rings is 1. The fourth-order valence-electron chi connectivity index (χ4n) is 4.07. The molecule has 2 saturated heterocycles. The summed E-state index contributed by atoms with van der Waals surface area (Å²) in [4.78, 5) is 15.0. The molecule has 0 saturated carbocycles. The van der Waals surface area contributed by atoms with E-state index in [1.807, 2.05) is 49.0 Å². The summed E-state index contributed by atoms with van der Waals surface area (Å²) in [5.74, 6) is 1.86. The lowest BCUT2D eigenvalue weighted by Crippen LogP contribution is -2.47. The first-order valence-electron chi connectivity index (χ1n) is 8.95. The Morgan fingerprint density at radius 1 is 1.36 bits per heavy atom. The van der Waals surface area contributed by atoms with Crippen molar-refractivity contribution in [3.8, 4) is 0 Å². The third kappa shape index (κ3) is 3.24. The van der Waals surface area contributed by atoms with Gasteiger partial charge in [0.2, 0.25) is 0 Å². The first-order chi connectivity index (χ1) is 12.1. The number of nitrogens with one attached hydrogen (secondary N) is 1. The molecule has 0 aromatic carbocycles. The van der Waals surface area contributed by atoms with Gasteiger partial charge >= 0.3 is 0 Å². The number of carbonyl (C=O) groups excluding carboxylic acids is 1. The number of fused-ring (bicyclic) bond motifs is 1. The van der Waals surface area contributed by atoms with Gasteiger partial charge in [0.1, 0.15) is 17.2 Å². The van der Waals surface area contributed by atoms with Crippen LogP contribution in [0, 0.1) is 6.92 Å². The Balaban J connectivity index is 1.48. The number of hydrogen-bond acceptors (Lipinski definition) is 4. The molecular weight excluding hydrogens is 318 g/mol. The van der Waals surface area contributed by atoms with Crippen LogP contribution in [0.25, 0.3) is 0 Å². The summed E-state index contributed by atoms with van der Waals surface area (Å²) in [6.07, 6.45) is 4.09. The summed E-state index contributed by atoms with van der Waals surface area (Å²) in [6, 6.07) is 8.09. The molecule has 4 heterocycles. The normalized spacial score (nSPS) is 26.6. The molecule has 2 aromatic rings. The number of likely N-dealkylation sites (tertiary alicyclic amines) is 1. The molecule has 0 unspecified atom stereocenters. The van der Waals surface area contributed by atoms with Crippen LogP contribution in [0.3, 0.4) is 0 Å². The topological polar surface area (TPSA) is 59.6 Å². The molecule has 25 heavy (non-hydrogen) atoms. The Morgan fingerprint density at radius 2 is 2.24 bits per heavy atom. The van der Waals surface area contributed by atoms with Crippen molar-refractivity contribution < 1.29 is 13.9 Å². The molecule has 0 aliphatic carbocycles. The SMILES string of the molecule is Cc1ccc(CN2C[C@@H](NC(=O)c3cccn3C)[C@H]3OCCC[C@H]32)o1. The van der Waals surface area contributed by atoms with Crippen molar-refractivity contribution in [1.82, 2.24) is 14.8 Å². The smallest absolute Gasteiger partial charge is 0.268 e. The van der Waals surface area contributed by atoms with E-state index in [0.717, 1.165) is 44.1 Å². The summed E-state index contributed by atoms with van der Waals surface area (Å²) in [7, 11) is 1.88. The number of carbonyl (C=O) groups is 1. The number of aromatic nitrogens is 1. The highest BCUT2D eigenvalue weighted by Gasteiger charge is 2.44. The maximum absolute atomic E-state index is 12.6. The quantitative estimate of drug-likeness (QED) is 0.923. The second-order valence-electron chi connectivity index (χ2n) is 7.07. The van der Waals surface area contributed by atoms with Gasteiger partial charge in [-0.1, -0.05) is 0 Å². The van der Waals surface area contributed by atoms with Crippen molar-refractivity contribution in [2.45, 2.75) is 44.5 Å². The Hall–Kier alpha value is -2.05. The predicted molar refractivity (Wildman–Crippen MR) is 93.3 cm³/mol. The van der Waals surface area contributed by atoms with Crippen LogP contribution in [0.15, 0.2) is 34.9 Å². The van der Waals surface area contributed by atoms with Gasteiger partial charge in [0.05, 0.1) is 18.7 Å². The molecule has 3 atom stereocenters. The molecule has 0 radical (unpaired) electrons. The van der Waals surface area contributed by atoms with Gasteiger partial charge in [-0.15, -0.1) is 0 Å². The van der Waals surface area contributed by atoms with Gasteiger partial charge in [-0.2, -0.15) is 0 Å². The molecule has 6 heteroatoms. The van der Waals surface area contributed by atoms with Gasteiger partial charge in [0.25, 0.3) is 5.91 Å². The van der Waals surface area contributed by atoms with E-state index >= 15 is 0 Å². The van der Waals surface area contributed by atoms with E-state index in [9.17, 15) is 4.79 Å². The Morgan fingerprint density at radius 3 is 2.96 bits per heavy atom. The summed E-state index contributed by atoms with van der Waals surface area (Å²) in [5.41, 5.74) is 0.674. The lowest BCUT2D eigenvalue weighted by atomic mass is 10.0. The zero-order chi connectivity index (χ0) is 17.4. The highest BCUT2D eigenvalue weighted by atomic mass is 16.5. The second-order valence-corrected chi connectivity index (χ2v) is 7.07. The van der Waals surface area contributed by atoms with Crippen molar-refractivity contribution >= 4 is 5.91 Å². The predicted octanol–water partition coefficient (Wildman–Crippen LogP) is 2.09. The number of rotatable bonds is 4. The maximum Gasteiger partial charge on any atom is 0.268 e. The van der Waals surface area contributed by atoms with Crippen LogP contribution in [-0.2, 0) is 18.3 Å². The molecule has 2 aromatic heterocycles. The van der Waals surface area contributed by atoms with E-state index in [2.05, 4.69) is 10.2 Å². The molecule has 134 valence electrons. The maximum atomic E-state index is 12.6. The largest absolute Gasteiger partial charge is 0.465 e. The number of nitrogens with zero attached hydrogens (tertiary/aromatic N) is 2. The Labute approximate surface area is 147 Å². The number of ether oxygens (including phenoxy) is 1. The highest BCUT2D eigenvalue weighted by molar-refractivity contribution is 5.93. The third-order valence-electron chi connectivity index (χ3n) is 5.28. The lowest BCUT2D eigenvalue weighted by Gasteiger charge is -2.32. The van der Waals surface area contributed by atoms with E-state index in [-0.39, 0.29) is 18.1 Å². The zero-order valence-electron chi connectivity index (χ0n) is 14.8. The zero-order valence-corrected chi connectivity index (χ0v) is 14.8. The van der Waals surface area contributed by atoms with Gasteiger partial charge in [-0.05, 0) is 44.0 Å². The monoisotopic (exact) mass is 343 g/mol. The summed E-state index contributed by atoms with van der Waals surface area (Å²) in [6.45, 7) is 4.27. The highest BCUT2D eigenvalue weighted by Crippen LogP contribution is 2.30. The molecular formula is C19H25N3O3. The number of aryl methyl sites for hydroxylation is 2. The standard InChI is InChI=1S/C19H25N3O3/c1-13-7-8-14(25-13)11-22-12-15(18-16(22)6-4-10-24-18)20-19(23)17-5-3-9-21(17)2/h3,5,7-9,15-16,18H,4,6,10-12H2,1-2H3,(H,20,23)/t15-,16-,18-/m1/s1. The van der Waals surface area contributed by atoms with Crippen molar-refractivity contribution in [3.05, 3.63) is 47.7 Å². The first kappa shape index (κ1) is 16.4. The van der Waals surface area contributed by atoms with Gasteiger partial charge in [-0.3, -0.25) is 9.69 Å². The van der Waals surface area contributed by atoms with Crippen LogP contribution in [0.1, 0.15) is 34.9 Å². The van der Waals surface area contributed by atoms with Gasteiger partial charge < -0.3 is 19.0 Å². The molecule has 2 fully saturated rings. The van der Waals surface area contributed by atoms with Gasteiger partial charge in [-0.25, -0.2) is 0 Å². The van der Waals surface area contributed by atoms with E-state index in [1.54, 1.807) is 0 Å². The molecule has 4 rings (SSSR count). The average Bonchev–Trinajstić information content (AvgIpc) is 3.29. The van der Waals surface area contributed by atoms with Crippen LogP contribution >= 0.6 is 0 Å². The number of hydrogen-bond donors (Lipinski definition) is 1. The minimum Gasteiger partial charge on any atom is -0.465 e. The summed E-state index contributed by atoms with van der Waals surface area (Å²) in [5, 5.41) is 3.19. The molecule has 6 nitrogen and oxygen atoms in total. The van der Waals surface area contributed by atoms with Crippen LogP contribution < -0.4 is 5.32 Å². The number of amides is 1. The summed E-state index contributed by atoms with van der Waals surface area (Å²) >= 11 is 0. The third-order valence-corrected chi connectivity index (χ3v) is 5.28. The molecule has 0 spiro atoms. The van der Waals surface area contributed by atoms with E-state index in [0.29, 0.717) is 11.7 Å². The molecule has 2 aliphatic heterocycles. The van der Waals surface area contributed by atoms with E-state index < -0.39 is 0 Å². The minimum absolute atomic E-state index is 0.00348. The van der Waals surface area contributed by atoms with Gasteiger partial charge in [0, 0.05) is 32.4 Å². The van der Waals surface area contributed by atoms with Crippen LogP contribution in [0.5, 0.6) is 0 Å². The minimum atomic E-state index is -0.0406. The second kappa shape index (κ2) is 6.69. The van der Waals surface area contributed by atoms with Crippen molar-refractivity contribution in [2.24, 2.45) is 7.05 Å². The Kier molecular flexibility index (Phi) is 4.39. The molecule has 2 aliphatic rings. The van der Waals surface area contributed by atoms with Crippen LogP contribution in [0.2, 0.25) is 0 Å². The van der Waals surface area contributed by atoms with E-state index in [4.69, 9.17) is 9.15 Å². The van der Waals surface area contributed by atoms with Crippen molar-refractivity contribution in [2.75, 3.05) is 13.2 Å². The average molecular weight is 343 g/mol. The molecule has 1 amide bonds. The summed E-state index contributed by atoms with van der Waals surface area (Å²) < 4.78 is 13.6.